The van der Waals surface area contributed by atoms with Gasteiger partial charge in [0.1, 0.15) is 12.4 Å². The van der Waals surface area contributed by atoms with Gasteiger partial charge in [-0.15, -0.1) is 0 Å². The molecule has 0 bridgehead atoms. The predicted molar refractivity (Wildman–Crippen MR) is 115 cm³/mol. The molecule has 6 nitrogen and oxygen atoms in total. The third kappa shape index (κ3) is 6.37. The first-order valence-corrected chi connectivity index (χ1v) is 10.9. The van der Waals surface area contributed by atoms with Crippen molar-refractivity contribution in [3.63, 3.8) is 0 Å². The maximum absolute atomic E-state index is 12.3. The number of pyridine rings is 1. The zero-order valence-electron chi connectivity index (χ0n) is 16.3. The average Bonchev–Trinajstić information content (AvgIpc) is 3.28. The molecule has 0 unspecified atom stereocenters. The average molecular weight is 434 g/mol. The summed E-state index contributed by atoms with van der Waals surface area (Å²) in [4.78, 5) is 32.4. The summed E-state index contributed by atoms with van der Waals surface area (Å²) in [5.41, 5.74) is 0.596. The minimum absolute atomic E-state index is 0.00581. The van der Waals surface area contributed by atoms with Crippen LogP contribution in [0.1, 0.15) is 23.2 Å². The number of carbonyl (C=O) groups is 2. The van der Waals surface area contributed by atoms with E-state index in [-0.39, 0.29) is 17.6 Å². The fourth-order valence-corrected chi connectivity index (χ4v) is 3.81. The molecule has 0 saturated carbocycles. The number of benzene rings is 1. The number of hydrogen-bond acceptors (Lipinski definition) is 5. The summed E-state index contributed by atoms with van der Waals surface area (Å²) in [6.07, 6.45) is 3.72. The van der Waals surface area contributed by atoms with Crippen LogP contribution in [0.15, 0.2) is 47.6 Å². The zero-order valence-corrected chi connectivity index (χ0v) is 17.9. The highest BCUT2D eigenvalue weighted by atomic mass is 35.5. The summed E-state index contributed by atoms with van der Waals surface area (Å²) < 4.78 is 5.61. The van der Waals surface area contributed by atoms with Gasteiger partial charge in [-0.25, -0.2) is 4.98 Å². The fraction of sp³-hybridized carbons (Fsp3) is 0.381. The van der Waals surface area contributed by atoms with E-state index in [0.29, 0.717) is 23.7 Å². The summed E-state index contributed by atoms with van der Waals surface area (Å²) in [7, 11) is 1.75. The van der Waals surface area contributed by atoms with Gasteiger partial charge in [-0.05, 0) is 49.2 Å². The van der Waals surface area contributed by atoms with Crippen molar-refractivity contribution in [1.29, 1.82) is 0 Å². The number of thioether (sulfide) groups is 1. The molecular formula is C21H24ClN3O3S. The number of rotatable bonds is 8. The summed E-state index contributed by atoms with van der Waals surface area (Å²) in [5, 5.41) is 1.38. The molecule has 0 spiro atoms. The van der Waals surface area contributed by atoms with Crippen LogP contribution in [0, 0.1) is 0 Å². The predicted octanol–water partition coefficient (Wildman–Crippen LogP) is 3.60. The molecule has 0 radical (unpaired) electrons. The summed E-state index contributed by atoms with van der Waals surface area (Å²) >= 11 is 7.20. The normalized spacial score (nSPS) is 13.4. The number of carbonyl (C=O) groups excluding carboxylic acids is 2. The second-order valence-corrected chi connectivity index (χ2v) is 8.22. The molecule has 1 aliphatic heterocycles. The highest BCUT2D eigenvalue weighted by molar-refractivity contribution is 7.99. The number of aromatic nitrogens is 1. The third-order valence-electron chi connectivity index (χ3n) is 4.65. The highest BCUT2D eigenvalue weighted by Gasteiger charge is 2.19. The molecule has 1 aromatic heterocycles. The summed E-state index contributed by atoms with van der Waals surface area (Å²) in [6, 6.07) is 10.7. The van der Waals surface area contributed by atoms with E-state index in [1.807, 2.05) is 4.90 Å². The molecule has 0 atom stereocenters. The van der Waals surface area contributed by atoms with Crippen LogP contribution in [0.2, 0.25) is 5.02 Å². The minimum Gasteiger partial charge on any atom is -0.492 e. The third-order valence-corrected chi connectivity index (χ3v) is 5.84. The second-order valence-electron chi connectivity index (χ2n) is 6.79. The summed E-state index contributed by atoms with van der Waals surface area (Å²) in [5.74, 6) is 1.03. The van der Waals surface area contributed by atoms with Crippen LogP contribution in [0.4, 0.5) is 0 Å². The molecule has 154 valence electrons. The molecule has 2 amide bonds. The lowest BCUT2D eigenvalue weighted by Crippen LogP contribution is -2.32. The Morgan fingerprint density at radius 1 is 1.17 bits per heavy atom. The Morgan fingerprint density at radius 3 is 2.55 bits per heavy atom. The number of ether oxygens (including phenoxy) is 1. The molecule has 1 aromatic carbocycles. The van der Waals surface area contributed by atoms with Gasteiger partial charge in [0.25, 0.3) is 5.91 Å². The van der Waals surface area contributed by atoms with Gasteiger partial charge in [0.2, 0.25) is 5.91 Å². The van der Waals surface area contributed by atoms with Crippen molar-refractivity contribution >= 4 is 35.2 Å². The highest BCUT2D eigenvalue weighted by Crippen LogP contribution is 2.18. The van der Waals surface area contributed by atoms with Gasteiger partial charge in [-0.2, -0.15) is 0 Å². The minimum atomic E-state index is -0.00581. The monoisotopic (exact) mass is 433 g/mol. The van der Waals surface area contributed by atoms with Crippen LogP contribution >= 0.6 is 23.4 Å². The fourth-order valence-electron chi connectivity index (χ4n) is 2.90. The molecule has 1 aliphatic rings. The largest absolute Gasteiger partial charge is 0.492 e. The number of amides is 2. The lowest BCUT2D eigenvalue weighted by molar-refractivity contribution is -0.127. The van der Waals surface area contributed by atoms with Crippen molar-refractivity contribution in [2.45, 2.75) is 17.9 Å². The number of nitrogens with zero attached hydrogens (tertiary/aromatic N) is 3. The maximum Gasteiger partial charge on any atom is 0.255 e. The van der Waals surface area contributed by atoms with Crippen LogP contribution in [0.25, 0.3) is 0 Å². The Morgan fingerprint density at radius 2 is 1.90 bits per heavy atom. The molecule has 2 aromatic rings. The molecule has 1 saturated heterocycles. The Kier molecular flexibility index (Phi) is 7.77. The molecule has 0 aliphatic carbocycles. The van der Waals surface area contributed by atoms with Crippen LogP contribution < -0.4 is 4.74 Å². The SMILES string of the molecule is CN(CCOc1ccc(Cl)cc1)C(=O)CSc1ccc(C(=O)N2CCCC2)cn1. The van der Waals surface area contributed by atoms with Gasteiger partial charge in [0.15, 0.2) is 0 Å². The molecule has 8 heteroatoms. The molecule has 29 heavy (non-hydrogen) atoms. The first-order chi connectivity index (χ1) is 14.0. The van der Waals surface area contributed by atoms with E-state index in [0.717, 1.165) is 36.7 Å². The topological polar surface area (TPSA) is 62.7 Å². The standard InChI is InChI=1S/C21H24ClN3O3S/c1-24(12-13-28-18-7-5-17(22)6-8-18)20(26)15-29-19-9-4-16(14-23-19)21(27)25-10-2-3-11-25/h4-9,14H,2-3,10-13,15H2,1H3. The van der Waals surface area contributed by atoms with E-state index in [1.165, 1.54) is 11.8 Å². The van der Waals surface area contributed by atoms with Crippen LogP contribution in [-0.4, -0.2) is 65.6 Å². The van der Waals surface area contributed by atoms with Gasteiger partial charge in [-0.1, -0.05) is 23.4 Å². The number of likely N-dealkylation sites (N-methyl/N-ethyl adjacent to an activating group) is 1. The van der Waals surface area contributed by atoms with Crippen molar-refractivity contribution in [1.82, 2.24) is 14.8 Å². The van der Waals surface area contributed by atoms with Gasteiger partial charge >= 0.3 is 0 Å². The smallest absolute Gasteiger partial charge is 0.255 e. The first-order valence-electron chi connectivity index (χ1n) is 9.53. The molecule has 1 fully saturated rings. The number of halogens is 1. The first kappa shape index (κ1) is 21.5. The van der Waals surface area contributed by atoms with Crippen LogP contribution in [-0.2, 0) is 4.79 Å². The summed E-state index contributed by atoms with van der Waals surface area (Å²) in [6.45, 7) is 2.52. The maximum atomic E-state index is 12.3. The van der Waals surface area contributed by atoms with E-state index in [4.69, 9.17) is 16.3 Å². The molecule has 3 rings (SSSR count). The number of likely N-dealkylation sites (tertiary alicyclic amines) is 1. The van der Waals surface area contributed by atoms with E-state index < -0.39 is 0 Å². The van der Waals surface area contributed by atoms with Crippen molar-refractivity contribution in [2.24, 2.45) is 0 Å². The second kappa shape index (κ2) is 10.5. The van der Waals surface area contributed by atoms with Crippen molar-refractivity contribution in [3.05, 3.63) is 53.2 Å². The van der Waals surface area contributed by atoms with Crippen LogP contribution in [0.3, 0.4) is 0 Å². The van der Waals surface area contributed by atoms with E-state index in [1.54, 1.807) is 54.5 Å². The number of hydrogen-bond donors (Lipinski definition) is 0. The Bertz CT molecular complexity index is 824. The van der Waals surface area contributed by atoms with Gasteiger partial charge in [0, 0.05) is 31.4 Å². The molecular weight excluding hydrogens is 410 g/mol. The van der Waals surface area contributed by atoms with E-state index >= 15 is 0 Å². The molecule has 0 N–H and O–H groups in total. The van der Waals surface area contributed by atoms with Gasteiger partial charge in [-0.3, -0.25) is 9.59 Å². The quantitative estimate of drug-likeness (QED) is 0.595. The Hall–Kier alpha value is -2.25. The Balaban J connectivity index is 1.39. The lowest BCUT2D eigenvalue weighted by atomic mass is 10.2. The zero-order chi connectivity index (χ0) is 20.6. The van der Waals surface area contributed by atoms with Crippen molar-refractivity contribution in [2.75, 3.05) is 39.0 Å². The van der Waals surface area contributed by atoms with Gasteiger partial charge in [0.05, 0.1) is 22.9 Å². The van der Waals surface area contributed by atoms with Gasteiger partial charge < -0.3 is 14.5 Å². The lowest BCUT2D eigenvalue weighted by Gasteiger charge is -2.17. The van der Waals surface area contributed by atoms with Crippen molar-refractivity contribution in [3.8, 4) is 5.75 Å². The van der Waals surface area contributed by atoms with Crippen LogP contribution in [0.5, 0.6) is 5.75 Å². The molecule has 2 heterocycles. The Labute approximate surface area is 180 Å². The van der Waals surface area contributed by atoms with E-state index in [2.05, 4.69) is 4.98 Å². The van der Waals surface area contributed by atoms with Crippen molar-refractivity contribution < 1.29 is 14.3 Å². The van der Waals surface area contributed by atoms with E-state index in [9.17, 15) is 9.59 Å².